The molecule has 1 unspecified atom stereocenters. The number of aliphatic hydroxyl groups excluding tert-OH is 1. The van der Waals surface area contributed by atoms with Crippen LogP contribution in [-0.4, -0.2) is 36.4 Å². The summed E-state index contributed by atoms with van der Waals surface area (Å²) in [6.07, 6.45) is 50.8. The molecule has 0 radical (unpaired) electrons. The molecule has 0 amide bonds. The van der Waals surface area contributed by atoms with Crippen LogP contribution in [0.2, 0.25) is 0 Å². The summed E-state index contributed by atoms with van der Waals surface area (Å²) >= 11 is 0. The lowest BCUT2D eigenvalue weighted by Gasteiger charge is -2.15. The van der Waals surface area contributed by atoms with Crippen molar-refractivity contribution in [1.82, 2.24) is 0 Å². The third-order valence-electron chi connectivity index (χ3n) is 9.41. The Hall–Kier alpha value is -1.88. The number of rotatable bonds is 39. The van der Waals surface area contributed by atoms with Crippen molar-refractivity contribution in [3.05, 3.63) is 36.5 Å². The quantitative estimate of drug-likeness (QED) is 0.0392. The van der Waals surface area contributed by atoms with Crippen LogP contribution in [0.3, 0.4) is 0 Å². The van der Waals surface area contributed by atoms with Gasteiger partial charge in [-0.15, -0.1) is 0 Å². The second-order valence-electron chi connectivity index (χ2n) is 14.4. The van der Waals surface area contributed by atoms with Crippen molar-refractivity contribution >= 4 is 11.9 Å². The van der Waals surface area contributed by atoms with E-state index in [-0.39, 0.29) is 25.2 Å². The Morgan fingerprint density at radius 1 is 0.460 bits per heavy atom. The normalized spacial score (nSPS) is 12.5. The first-order valence-electron chi connectivity index (χ1n) is 21.5. The number of hydrogen-bond acceptors (Lipinski definition) is 5. The molecular formula is C45H82O5. The van der Waals surface area contributed by atoms with E-state index in [9.17, 15) is 14.7 Å². The summed E-state index contributed by atoms with van der Waals surface area (Å²) in [6.45, 7) is 4.09. The summed E-state index contributed by atoms with van der Waals surface area (Å²) in [5.74, 6) is -0.599. The van der Waals surface area contributed by atoms with Crippen molar-refractivity contribution in [3.8, 4) is 0 Å². The zero-order chi connectivity index (χ0) is 36.4. The summed E-state index contributed by atoms with van der Waals surface area (Å²) < 4.78 is 10.6. The fraction of sp³-hybridized carbons (Fsp3) is 0.822. The Labute approximate surface area is 310 Å². The number of esters is 2. The third kappa shape index (κ3) is 38.9. The molecule has 0 rings (SSSR count). The second-order valence-corrected chi connectivity index (χ2v) is 14.4. The van der Waals surface area contributed by atoms with Gasteiger partial charge in [-0.2, -0.15) is 0 Å². The van der Waals surface area contributed by atoms with Crippen molar-refractivity contribution in [1.29, 1.82) is 0 Å². The zero-order valence-electron chi connectivity index (χ0n) is 33.2. The van der Waals surface area contributed by atoms with E-state index < -0.39 is 6.10 Å². The van der Waals surface area contributed by atoms with Crippen LogP contribution < -0.4 is 0 Å². The second kappa shape index (κ2) is 41.5. The first-order chi connectivity index (χ1) is 24.6. The van der Waals surface area contributed by atoms with Gasteiger partial charge < -0.3 is 14.6 Å². The Kier molecular flexibility index (Phi) is 40.0. The molecule has 292 valence electrons. The third-order valence-corrected chi connectivity index (χ3v) is 9.41. The minimum absolute atomic E-state index is 0.0688. The smallest absolute Gasteiger partial charge is 0.306 e. The van der Waals surface area contributed by atoms with E-state index in [0.717, 1.165) is 51.4 Å². The maximum Gasteiger partial charge on any atom is 0.306 e. The van der Waals surface area contributed by atoms with Crippen LogP contribution in [0, 0.1) is 0 Å². The fourth-order valence-electron chi connectivity index (χ4n) is 6.09. The number of aliphatic hydroxyl groups is 1. The fourth-order valence-corrected chi connectivity index (χ4v) is 6.09. The Bertz CT molecular complexity index is 801. The first-order valence-corrected chi connectivity index (χ1v) is 21.5. The molecule has 0 aliphatic rings. The maximum absolute atomic E-state index is 12.2. The van der Waals surface area contributed by atoms with E-state index in [1.807, 2.05) is 0 Å². The van der Waals surface area contributed by atoms with Gasteiger partial charge in [0.05, 0.1) is 6.61 Å². The van der Waals surface area contributed by atoms with E-state index in [0.29, 0.717) is 12.8 Å². The van der Waals surface area contributed by atoms with E-state index in [2.05, 4.69) is 50.3 Å². The minimum Gasteiger partial charge on any atom is -0.462 e. The van der Waals surface area contributed by atoms with Gasteiger partial charge in [0.25, 0.3) is 0 Å². The standard InChI is InChI=1S/C45H82O5/c1-3-5-7-9-11-13-15-16-17-18-19-20-21-22-23-24-25-26-27-28-30-32-34-36-38-40-45(48)50-43(41-46)42-49-44(47)39-37-35-33-31-29-14-12-10-8-6-4-2/h10,12,15-16,18-19,43,46H,3-9,11,13-14,17,20-42H2,1-2H3/b12-10-,16-15-,19-18-. The van der Waals surface area contributed by atoms with Gasteiger partial charge in [-0.05, 0) is 64.2 Å². The van der Waals surface area contributed by atoms with Gasteiger partial charge in [0.15, 0.2) is 6.10 Å². The van der Waals surface area contributed by atoms with E-state index in [1.165, 1.54) is 141 Å². The lowest BCUT2D eigenvalue weighted by molar-refractivity contribution is -0.161. The van der Waals surface area contributed by atoms with Crippen LogP contribution in [0.4, 0.5) is 0 Å². The summed E-state index contributed by atoms with van der Waals surface area (Å²) in [6, 6.07) is 0. The molecule has 0 aliphatic carbocycles. The summed E-state index contributed by atoms with van der Waals surface area (Å²) in [5.41, 5.74) is 0. The van der Waals surface area contributed by atoms with Gasteiger partial charge in [0.2, 0.25) is 0 Å². The largest absolute Gasteiger partial charge is 0.462 e. The number of carbonyl (C=O) groups is 2. The molecule has 0 aromatic heterocycles. The van der Waals surface area contributed by atoms with Gasteiger partial charge in [0, 0.05) is 12.8 Å². The molecule has 0 spiro atoms. The van der Waals surface area contributed by atoms with Crippen molar-refractivity contribution in [3.63, 3.8) is 0 Å². The highest BCUT2D eigenvalue weighted by molar-refractivity contribution is 5.70. The van der Waals surface area contributed by atoms with E-state index in [4.69, 9.17) is 9.47 Å². The minimum atomic E-state index is -0.772. The van der Waals surface area contributed by atoms with Crippen molar-refractivity contribution in [2.75, 3.05) is 13.2 Å². The molecule has 0 aromatic carbocycles. The molecule has 5 nitrogen and oxygen atoms in total. The molecule has 50 heavy (non-hydrogen) atoms. The zero-order valence-corrected chi connectivity index (χ0v) is 33.2. The predicted molar refractivity (Wildman–Crippen MR) is 214 cm³/mol. The molecule has 0 saturated heterocycles. The SMILES string of the molecule is CCCC/C=C\CCCCCCCC(=O)OCC(CO)OC(=O)CCCCCCCCCCCCCCC/C=C\C/C=C\CCCCCCC. The molecule has 0 heterocycles. The van der Waals surface area contributed by atoms with Crippen molar-refractivity contribution in [2.24, 2.45) is 0 Å². The first kappa shape index (κ1) is 48.1. The number of unbranched alkanes of at least 4 members (excludes halogenated alkanes) is 25. The summed E-state index contributed by atoms with van der Waals surface area (Å²) in [5, 5.41) is 9.55. The molecule has 5 heteroatoms. The van der Waals surface area contributed by atoms with Gasteiger partial charge in [-0.1, -0.05) is 179 Å². The number of carbonyl (C=O) groups excluding carboxylic acids is 2. The highest BCUT2D eigenvalue weighted by Crippen LogP contribution is 2.15. The molecular weight excluding hydrogens is 620 g/mol. The van der Waals surface area contributed by atoms with Crippen LogP contribution in [-0.2, 0) is 19.1 Å². The monoisotopic (exact) mass is 703 g/mol. The maximum atomic E-state index is 12.2. The molecule has 1 atom stereocenters. The Morgan fingerprint density at radius 3 is 1.26 bits per heavy atom. The lowest BCUT2D eigenvalue weighted by Crippen LogP contribution is -2.28. The summed E-state index contributed by atoms with van der Waals surface area (Å²) in [4.78, 5) is 24.2. The molecule has 0 aliphatic heterocycles. The molecule has 0 aromatic rings. The van der Waals surface area contributed by atoms with Gasteiger partial charge in [-0.3, -0.25) is 9.59 Å². The van der Waals surface area contributed by atoms with E-state index in [1.54, 1.807) is 0 Å². The van der Waals surface area contributed by atoms with Crippen LogP contribution in [0.25, 0.3) is 0 Å². The Morgan fingerprint density at radius 2 is 0.820 bits per heavy atom. The van der Waals surface area contributed by atoms with Crippen LogP contribution >= 0.6 is 0 Å². The number of allylic oxidation sites excluding steroid dienone is 6. The van der Waals surface area contributed by atoms with Crippen LogP contribution in [0.1, 0.15) is 219 Å². The lowest BCUT2D eigenvalue weighted by atomic mass is 10.0. The molecule has 0 saturated carbocycles. The average Bonchev–Trinajstić information content (AvgIpc) is 3.12. The average molecular weight is 703 g/mol. The van der Waals surface area contributed by atoms with Crippen LogP contribution in [0.15, 0.2) is 36.5 Å². The highest BCUT2D eigenvalue weighted by atomic mass is 16.6. The molecule has 1 N–H and O–H groups in total. The molecule has 0 bridgehead atoms. The topological polar surface area (TPSA) is 72.8 Å². The number of ether oxygens (including phenoxy) is 2. The van der Waals surface area contributed by atoms with Crippen molar-refractivity contribution in [2.45, 2.75) is 225 Å². The number of hydrogen-bond donors (Lipinski definition) is 1. The van der Waals surface area contributed by atoms with E-state index >= 15 is 0 Å². The van der Waals surface area contributed by atoms with Crippen molar-refractivity contribution < 1.29 is 24.2 Å². The summed E-state index contributed by atoms with van der Waals surface area (Å²) in [7, 11) is 0. The van der Waals surface area contributed by atoms with Gasteiger partial charge in [-0.25, -0.2) is 0 Å². The van der Waals surface area contributed by atoms with Crippen LogP contribution in [0.5, 0.6) is 0 Å². The van der Waals surface area contributed by atoms with Gasteiger partial charge in [0.1, 0.15) is 6.61 Å². The predicted octanol–water partition coefficient (Wildman–Crippen LogP) is 13.6. The van der Waals surface area contributed by atoms with Gasteiger partial charge >= 0.3 is 11.9 Å². The highest BCUT2D eigenvalue weighted by Gasteiger charge is 2.16. The Balaban J connectivity index is 3.48. The molecule has 0 fully saturated rings.